The van der Waals surface area contributed by atoms with Crippen LogP contribution < -0.4 is 15.0 Å². The molecular formula is C29H29ClN4O3S2. The molecule has 0 aliphatic carbocycles. The van der Waals surface area contributed by atoms with Crippen LogP contribution in [-0.2, 0) is 9.59 Å². The monoisotopic (exact) mass is 580 g/mol. The van der Waals surface area contributed by atoms with E-state index in [0.717, 1.165) is 27.4 Å². The molecule has 3 heterocycles. The molecule has 10 heteroatoms. The van der Waals surface area contributed by atoms with Crippen molar-refractivity contribution in [2.24, 2.45) is 5.92 Å². The van der Waals surface area contributed by atoms with Crippen LogP contribution in [0.3, 0.4) is 0 Å². The SMILES string of the molecule is COc1ccc(-n2nc(-c3ccc(Cl)cc3)c3c2N(CC(=O)NCC(C)C)C(=O)CS[C@@H]3c2cccs2)cc1. The lowest BCUT2D eigenvalue weighted by Gasteiger charge is -2.23. The Morgan fingerprint density at radius 2 is 1.90 bits per heavy atom. The molecule has 202 valence electrons. The summed E-state index contributed by atoms with van der Waals surface area (Å²) in [5.41, 5.74) is 3.27. The Balaban J connectivity index is 1.74. The van der Waals surface area contributed by atoms with Crippen LogP contribution >= 0.6 is 34.7 Å². The number of thiophene rings is 1. The number of anilines is 1. The molecular weight excluding hydrogens is 552 g/mol. The molecule has 4 aromatic rings. The van der Waals surface area contributed by atoms with E-state index in [1.54, 1.807) is 39.8 Å². The Morgan fingerprint density at radius 1 is 1.15 bits per heavy atom. The summed E-state index contributed by atoms with van der Waals surface area (Å²) in [7, 11) is 1.62. The lowest BCUT2D eigenvalue weighted by atomic mass is 10.0. The quantitative estimate of drug-likeness (QED) is 0.268. The molecule has 1 atom stereocenters. The normalized spacial score (nSPS) is 15.3. The number of carbonyl (C=O) groups is 2. The number of rotatable bonds is 8. The van der Waals surface area contributed by atoms with E-state index in [4.69, 9.17) is 21.4 Å². The van der Waals surface area contributed by atoms with Gasteiger partial charge in [0.25, 0.3) is 0 Å². The summed E-state index contributed by atoms with van der Waals surface area (Å²) in [5.74, 6) is 1.48. The highest BCUT2D eigenvalue weighted by Gasteiger charge is 2.38. The third-order valence-corrected chi connectivity index (χ3v) is 8.91. The van der Waals surface area contributed by atoms with E-state index in [0.29, 0.717) is 29.1 Å². The molecule has 0 saturated heterocycles. The Hall–Kier alpha value is -3.27. The van der Waals surface area contributed by atoms with E-state index < -0.39 is 0 Å². The van der Waals surface area contributed by atoms with E-state index in [-0.39, 0.29) is 29.4 Å². The number of nitrogens with one attached hydrogen (secondary N) is 1. The van der Waals surface area contributed by atoms with Crippen molar-refractivity contribution in [2.45, 2.75) is 19.1 Å². The predicted molar refractivity (Wildman–Crippen MR) is 159 cm³/mol. The summed E-state index contributed by atoms with van der Waals surface area (Å²) in [6.07, 6.45) is 0. The average Bonchev–Trinajstić information content (AvgIpc) is 3.58. The van der Waals surface area contributed by atoms with Crippen LogP contribution in [-0.4, -0.2) is 47.5 Å². The zero-order chi connectivity index (χ0) is 27.5. The largest absolute Gasteiger partial charge is 0.497 e. The zero-order valence-corrected chi connectivity index (χ0v) is 24.3. The number of ether oxygens (including phenoxy) is 1. The van der Waals surface area contributed by atoms with Gasteiger partial charge < -0.3 is 10.1 Å². The van der Waals surface area contributed by atoms with Crippen molar-refractivity contribution in [3.8, 4) is 22.7 Å². The van der Waals surface area contributed by atoms with E-state index >= 15 is 0 Å². The molecule has 39 heavy (non-hydrogen) atoms. The van der Waals surface area contributed by atoms with Gasteiger partial charge in [0, 0.05) is 27.6 Å². The van der Waals surface area contributed by atoms with Gasteiger partial charge in [0.05, 0.1) is 29.5 Å². The van der Waals surface area contributed by atoms with Gasteiger partial charge >= 0.3 is 0 Å². The van der Waals surface area contributed by atoms with Crippen molar-refractivity contribution in [3.05, 3.63) is 81.5 Å². The van der Waals surface area contributed by atoms with Crippen molar-refractivity contribution in [2.75, 3.05) is 30.9 Å². The van der Waals surface area contributed by atoms with Gasteiger partial charge in [-0.05, 0) is 53.8 Å². The highest BCUT2D eigenvalue weighted by atomic mass is 35.5. The summed E-state index contributed by atoms with van der Waals surface area (Å²) in [6.45, 7) is 4.51. The van der Waals surface area contributed by atoms with Crippen molar-refractivity contribution < 1.29 is 14.3 Å². The van der Waals surface area contributed by atoms with E-state index in [1.807, 2.05) is 73.8 Å². The highest BCUT2D eigenvalue weighted by molar-refractivity contribution is 8.00. The average molecular weight is 581 g/mol. The van der Waals surface area contributed by atoms with Gasteiger partial charge in [-0.2, -0.15) is 5.10 Å². The lowest BCUT2D eigenvalue weighted by molar-refractivity contribution is -0.123. The maximum atomic E-state index is 13.7. The smallest absolute Gasteiger partial charge is 0.240 e. The number of halogens is 1. The summed E-state index contributed by atoms with van der Waals surface area (Å²) >= 11 is 9.42. The number of methoxy groups -OCH3 is 1. The number of hydrogen-bond acceptors (Lipinski definition) is 6. The standard InChI is InChI=1S/C29H29ClN4O3S2/c1-18(2)15-31-24(35)16-33-25(36)17-39-28(23-5-4-14-38-23)26-27(19-6-8-20(30)9-7-19)32-34(29(26)33)21-10-12-22(37-3)13-11-21/h4-14,18,28H,15-17H2,1-3H3,(H,31,35)/t28-/m1/s1. The summed E-state index contributed by atoms with van der Waals surface area (Å²) in [4.78, 5) is 29.5. The Labute approximate surface area is 241 Å². The van der Waals surface area contributed by atoms with Gasteiger partial charge in [-0.3, -0.25) is 14.5 Å². The topological polar surface area (TPSA) is 76.5 Å². The minimum atomic E-state index is -0.210. The molecule has 5 rings (SSSR count). The fourth-order valence-corrected chi connectivity index (χ4v) is 6.73. The molecule has 1 N–H and O–H groups in total. The van der Waals surface area contributed by atoms with Crippen LogP contribution in [0.5, 0.6) is 5.75 Å². The molecule has 1 aliphatic heterocycles. The van der Waals surface area contributed by atoms with Gasteiger partial charge in [0.15, 0.2) is 0 Å². The summed E-state index contributed by atoms with van der Waals surface area (Å²) in [6, 6.07) is 19.2. The maximum absolute atomic E-state index is 13.7. The minimum Gasteiger partial charge on any atom is -0.497 e. The molecule has 7 nitrogen and oxygen atoms in total. The summed E-state index contributed by atoms with van der Waals surface area (Å²) < 4.78 is 7.14. The molecule has 0 bridgehead atoms. The molecule has 2 amide bonds. The van der Waals surface area contributed by atoms with Crippen molar-refractivity contribution in [3.63, 3.8) is 0 Å². The molecule has 0 fully saturated rings. The lowest BCUT2D eigenvalue weighted by Crippen LogP contribution is -2.43. The Bertz CT molecular complexity index is 1450. The van der Waals surface area contributed by atoms with E-state index in [2.05, 4.69) is 11.4 Å². The van der Waals surface area contributed by atoms with Crippen molar-refractivity contribution >= 4 is 52.3 Å². The molecule has 0 radical (unpaired) electrons. The first-order valence-corrected chi connectivity index (χ1v) is 14.9. The third-order valence-electron chi connectivity index (χ3n) is 6.33. The first-order chi connectivity index (χ1) is 18.9. The van der Waals surface area contributed by atoms with Gasteiger partial charge in [-0.1, -0.05) is 43.6 Å². The van der Waals surface area contributed by atoms with E-state index in [1.165, 1.54) is 0 Å². The van der Waals surface area contributed by atoms with Crippen LogP contribution in [0.1, 0.15) is 29.5 Å². The van der Waals surface area contributed by atoms with Crippen LogP contribution in [0.4, 0.5) is 5.82 Å². The number of benzene rings is 2. The van der Waals surface area contributed by atoms with Crippen molar-refractivity contribution in [1.29, 1.82) is 0 Å². The van der Waals surface area contributed by atoms with Gasteiger partial charge in [0.2, 0.25) is 11.8 Å². The van der Waals surface area contributed by atoms with Crippen LogP contribution in [0, 0.1) is 5.92 Å². The number of thioether (sulfide) groups is 1. The second kappa shape index (κ2) is 11.9. The second-order valence-corrected chi connectivity index (χ2v) is 12.1. The molecule has 0 unspecified atom stereocenters. The highest BCUT2D eigenvalue weighted by Crippen LogP contribution is 2.49. The molecule has 0 saturated carbocycles. The first-order valence-electron chi connectivity index (χ1n) is 12.6. The van der Waals surface area contributed by atoms with Crippen LogP contribution in [0.25, 0.3) is 16.9 Å². The number of amides is 2. The molecule has 0 spiro atoms. The number of fused-ring (bicyclic) bond motifs is 1. The maximum Gasteiger partial charge on any atom is 0.240 e. The van der Waals surface area contributed by atoms with Crippen molar-refractivity contribution in [1.82, 2.24) is 15.1 Å². The zero-order valence-electron chi connectivity index (χ0n) is 21.9. The Kier molecular flexibility index (Phi) is 8.30. The fourth-order valence-electron chi connectivity index (χ4n) is 4.43. The molecule has 2 aromatic carbocycles. The van der Waals surface area contributed by atoms with Crippen LogP contribution in [0.2, 0.25) is 5.02 Å². The van der Waals surface area contributed by atoms with Crippen LogP contribution in [0.15, 0.2) is 66.0 Å². The summed E-state index contributed by atoms with van der Waals surface area (Å²) in [5, 5.41) is 10.6. The van der Waals surface area contributed by atoms with Gasteiger partial charge in [-0.25, -0.2) is 4.68 Å². The Morgan fingerprint density at radius 3 is 2.54 bits per heavy atom. The first kappa shape index (κ1) is 27.3. The fraction of sp³-hybridized carbons (Fsp3) is 0.276. The number of hydrogen-bond donors (Lipinski definition) is 1. The predicted octanol–water partition coefficient (Wildman–Crippen LogP) is 6.20. The van der Waals surface area contributed by atoms with Gasteiger partial charge in [-0.15, -0.1) is 23.1 Å². The number of nitrogens with zero attached hydrogens (tertiary/aromatic N) is 3. The minimum absolute atomic E-state index is 0.0990. The number of carbonyl (C=O) groups excluding carboxylic acids is 2. The molecule has 2 aromatic heterocycles. The second-order valence-electron chi connectivity index (χ2n) is 9.59. The van der Waals surface area contributed by atoms with Gasteiger partial charge in [0.1, 0.15) is 18.1 Å². The van der Waals surface area contributed by atoms with E-state index in [9.17, 15) is 9.59 Å². The number of aromatic nitrogens is 2. The molecule has 1 aliphatic rings. The third kappa shape index (κ3) is 5.85.